The summed E-state index contributed by atoms with van der Waals surface area (Å²) in [6, 6.07) is 6.42. The van der Waals surface area contributed by atoms with E-state index < -0.39 is 5.97 Å². The average Bonchev–Trinajstić information content (AvgIpc) is 2.39. The lowest BCUT2D eigenvalue weighted by molar-refractivity contribution is 0.0519. The van der Waals surface area contributed by atoms with Gasteiger partial charge in [-0.2, -0.15) is 0 Å². The van der Waals surface area contributed by atoms with Crippen LogP contribution in [0.2, 0.25) is 0 Å². The molecule has 1 atom stereocenters. The third kappa shape index (κ3) is 6.25. The summed E-state index contributed by atoms with van der Waals surface area (Å²) in [6.07, 6.45) is 3.35. The van der Waals surface area contributed by atoms with Gasteiger partial charge in [-0.1, -0.05) is 13.3 Å². The highest BCUT2D eigenvalue weighted by molar-refractivity contribution is 5.87. The zero-order valence-electron chi connectivity index (χ0n) is 11.6. The topological polar surface area (TPSA) is 55.8 Å². The summed E-state index contributed by atoms with van der Waals surface area (Å²) in [5.41, 5.74) is 0.268. The Kier molecular flexibility index (Phi) is 6.97. The predicted octanol–water partition coefficient (Wildman–Crippen LogP) is 3.36. The number of benzene rings is 1. The number of hydrogen-bond donors (Lipinski definition) is 1. The van der Waals surface area contributed by atoms with Gasteiger partial charge in [-0.05, 0) is 37.6 Å². The van der Waals surface area contributed by atoms with Crippen LogP contribution in [-0.2, 0) is 4.74 Å². The Bertz CT molecular complexity index is 372. The fourth-order valence-corrected chi connectivity index (χ4v) is 1.72. The van der Waals surface area contributed by atoms with Gasteiger partial charge >= 0.3 is 5.97 Å². The van der Waals surface area contributed by atoms with E-state index in [-0.39, 0.29) is 5.56 Å². The van der Waals surface area contributed by atoms with Gasteiger partial charge in [-0.25, -0.2) is 4.79 Å². The van der Waals surface area contributed by atoms with Crippen molar-refractivity contribution in [1.82, 2.24) is 0 Å². The summed E-state index contributed by atoms with van der Waals surface area (Å²) in [5.74, 6) is -0.239. The molecule has 106 valence electrons. The maximum atomic E-state index is 10.7. The van der Waals surface area contributed by atoms with Crippen LogP contribution in [0, 0.1) is 0 Å². The fraction of sp³-hybridized carbons (Fsp3) is 0.533. The van der Waals surface area contributed by atoms with E-state index >= 15 is 0 Å². The van der Waals surface area contributed by atoms with Crippen molar-refractivity contribution < 1.29 is 19.4 Å². The second kappa shape index (κ2) is 8.53. The van der Waals surface area contributed by atoms with E-state index in [1.807, 2.05) is 0 Å². The summed E-state index contributed by atoms with van der Waals surface area (Å²) in [4.78, 5) is 10.7. The molecular weight excluding hydrogens is 244 g/mol. The summed E-state index contributed by atoms with van der Waals surface area (Å²) >= 11 is 0. The van der Waals surface area contributed by atoms with Gasteiger partial charge < -0.3 is 14.6 Å². The van der Waals surface area contributed by atoms with Crippen molar-refractivity contribution in [2.45, 2.75) is 39.2 Å². The van der Waals surface area contributed by atoms with Crippen LogP contribution < -0.4 is 4.74 Å². The Morgan fingerprint density at radius 2 is 1.95 bits per heavy atom. The van der Waals surface area contributed by atoms with Gasteiger partial charge in [0.1, 0.15) is 5.75 Å². The molecule has 0 radical (unpaired) electrons. The van der Waals surface area contributed by atoms with Crippen molar-refractivity contribution in [3.63, 3.8) is 0 Å². The zero-order chi connectivity index (χ0) is 14.1. The van der Waals surface area contributed by atoms with Gasteiger partial charge in [-0.3, -0.25) is 0 Å². The lowest BCUT2D eigenvalue weighted by Crippen LogP contribution is -2.11. The maximum Gasteiger partial charge on any atom is 0.335 e. The van der Waals surface area contributed by atoms with Gasteiger partial charge in [0.25, 0.3) is 0 Å². The standard InChI is InChI=1S/C15H22O4/c1-3-5-12(2)18-10-4-11-19-14-8-6-13(7-9-14)15(16)17/h6-9,12H,3-5,10-11H2,1-2H3,(H,16,17). The third-order valence-electron chi connectivity index (χ3n) is 2.76. The Hall–Kier alpha value is -1.55. The molecule has 0 heterocycles. The molecule has 0 aliphatic rings. The highest BCUT2D eigenvalue weighted by Gasteiger charge is 2.02. The Balaban J connectivity index is 2.17. The molecular formula is C15H22O4. The highest BCUT2D eigenvalue weighted by Crippen LogP contribution is 2.12. The van der Waals surface area contributed by atoms with Gasteiger partial charge in [0.15, 0.2) is 0 Å². The van der Waals surface area contributed by atoms with E-state index in [2.05, 4.69) is 13.8 Å². The lowest BCUT2D eigenvalue weighted by atomic mass is 10.2. The Morgan fingerprint density at radius 3 is 2.53 bits per heavy atom. The Labute approximate surface area is 114 Å². The lowest BCUT2D eigenvalue weighted by Gasteiger charge is -2.12. The normalized spacial score (nSPS) is 12.1. The van der Waals surface area contributed by atoms with Gasteiger partial charge in [0, 0.05) is 6.42 Å². The molecule has 0 aliphatic carbocycles. The summed E-state index contributed by atoms with van der Waals surface area (Å²) in [6.45, 7) is 5.48. The van der Waals surface area contributed by atoms with Crippen LogP contribution in [-0.4, -0.2) is 30.4 Å². The van der Waals surface area contributed by atoms with E-state index in [9.17, 15) is 4.79 Å². The molecule has 0 saturated heterocycles. The average molecular weight is 266 g/mol. The zero-order valence-corrected chi connectivity index (χ0v) is 11.6. The van der Waals surface area contributed by atoms with Crippen molar-refractivity contribution in [2.24, 2.45) is 0 Å². The van der Waals surface area contributed by atoms with Crippen LogP contribution in [0.1, 0.15) is 43.5 Å². The first-order chi connectivity index (χ1) is 9.13. The van der Waals surface area contributed by atoms with Crippen molar-refractivity contribution in [3.8, 4) is 5.75 Å². The minimum atomic E-state index is -0.926. The van der Waals surface area contributed by atoms with E-state index in [1.165, 1.54) is 12.1 Å². The van der Waals surface area contributed by atoms with E-state index in [4.69, 9.17) is 14.6 Å². The van der Waals surface area contributed by atoms with Crippen molar-refractivity contribution in [1.29, 1.82) is 0 Å². The molecule has 1 aromatic rings. The molecule has 0 fully saturated rings. The number of carbonyl (C=O) groups is 1. The minimum absolute atomic E-state index is 0.268. The van der Waals surface area contributed by atoms with Crippen LogP contribution in [0.3, 0.4) is 0 Å². The largest absolute Gasteiger partial charge is 0.494 e. The first-order valence-electron chi connectivity index (χ1n) is 6.71. The smallest absolute Gasteiger partial charge is 0.335 e. The molecule has 0 amide bonds. The molecule has 1 N–H and O–H groups in total. The molecule has 0 aliphatic heterocycles. The SMILES string of the molecule is CCCC(C)OCCCOc1ccc(C(=O)O)cc1. The van der Waals surface area contributed by atoms with E-state index in [0.717, 1.165) is 19.3 Å². The fourth-order valence-electron chi connectivity index (χ4n) is 1.72. The van der Waals surface area contributed by atoms with Crippen molar-refractivity contribution >= 4 is 5.97 Å². The molecule has 0 aromatic heterocycles. The van der Waals surface area contributed by atoms with E-state index in [0.29, 0.717) is 25.1 Å². The molecule has 4 nitrogen and oxygen atoms in total. The van der Waals surface area contributed by atoms with Crippen molar-refractivity contribution in [2.75, 3.05) is 13.2 Å². The van der Waals surface area contributed by atoms with Crippen LogP contribution in [0.4, 0.5) is 0 Å². The van der Waals surface area contributed by atoms with Crippen LogP contribution >= 0.6 is 0 Å². The first-order valence-corrected chi connectivity index (χ1v) is 6.71. The molecule has 19 heavy (non-hydrogen) atoms. The second-order valence-corrected chi connectivity index (χ2v) is 4.50. The number of rotatable bonds is 9. The van der Waals surface area contributed by atoms with Gasteiger partial charge in [-0.15, -0.1) is 0 Å². The first kappa shape index (κ1) is 15.5. The summed E-state index contributed by atoms with van der Waals surface area (Å²) < 4.78 is 11.1. The van der Waals surface area contributed by atoms with Gasteiger partial charge in [0.05, 0.1) is 24.9 Å². The van der Waals surface area contributed by atoms with E-state index in [1.54, 1.807) is 12.1 Å². The monoisotopic (exact) mass is 266 g/mol. The number of hydrogen-bond acceptors (Lipinski definition) is 3. The summed E-state index contributed by atoms with van der Waals surface area (Å²) in [5, 5.41) is 8.76. The van der Waals surface area contributed by atoms with Crippen LogP contribution in [0.25, 0.3) is 0 Å². The number of aromatic carboxylic acids is 1. The third-order valence-corrected chi connectivity index (χ3v) is 2.76. The molecule has 0 saturated carbocycles. The van der Waals surface area contributed by atoms with Crippen LogP contribution in [0.15, 0.2) is 24.3 Å². The Morgan fingerprint density at radius 1 is 1.26 bits per heavy atom. The molecule has 1 rings (SSSR count). The van der Waals surface area contributed by atoms with Crippen molar-refractivity contribution in [3.05, 3.63) is 29.8 Å². The quantitative estimate of drug-likeness (QED) is 0.696. The highest BCUT2D eigenvalue weighted by atomic mass is 16.5. The molecule has 1 aromatic carbocycles. The van der Waals surface area contributed by atoms with Crippen LogP contribution in [0.5, 0.6) is 5.75 Å². The molecule has 4 heteroatoms. The predicted molar refractivity (Wildman–Crippen MR) is 73.8 cm³/mol. The molecule has 1 unspecified atom stereocenters. The second-order valence-electron chi connectivity index (χ2n) is 4.50. The molecule has 0 bridgehead atoms. The number of carboxylic acids is 1. The molecule has 0 spiro atoms. The minimum Gasteiger partial charge on any atom is -0.494 e. The maximum absolute atomic E-state index is 10.7. The van der Waals surface area contributed by atoms with Gasteiger partial charge in [0.2, 0.25) is 0 Å². The summed E-state index contributed by atoms with van der Waals surface area (Å²) in [7, 11) is 0. The number of ether oxygens (including phenoxy) is 2. The number of carboxylic acid groups (broad SMARTS) is 1.